The minimum absolute atomic E-state index is 0.159. The van der Waals surface area contributed by atoms with Gasteiger partial charge in [0.15, 0.2) is 0 Å². The Kier molecular flexibility index (Phi) is 4.39. The predicted molar refractivity (Wildman–Crippen MR) is 82.6 cm³/mol. The summed E-state index contributed by atoms with van der Waals surface area (Å²) in [5.74, 6) is 0.877. The van der Waals surface area contributed by atoms with Gasteiger partial charge in [0.2, 0.25) is 0 Å². The zero-order valence-corrected chi connectivity index (χ0v) is 13.3. The summed E-state index contributed by atoms with van der Waals surface area (Å²) in [6, 6.07) is 2.34. The molecule has 1 aliphatic heterocycles. The Morgan fingerprint density at radius 3 is 2.70 bits per heavy atom. The molecule has 1 unspecified atom stereocenters. The molecule has 4 heteroatoms. The van der Waals surface area contributed by atoms with Gasteiger partial charge in [-0.05, 0) is 53.6 Å². The van der Waals surface area contributed by atoms with E-state index >= 15 is 0 Å². The van der Waals surface area contributed by atoms with Crippen LogP contribution in [0, 0.1) is 5.92 Å². The van der Waals surface area contributed by atoms with E-state index < -0.39 is 0 Å². The second-order valence-corrected chi connectivity index (χ2v) is 6.91. The lowest BCUT2D eigenvalue weighted by atomic mass is 9.83. The van der Waals surface area contributed by atoms with E-state index in [2.05, 4.69) is 25.8 Å². The Morgan fingerprint density at radius 2 is 1.95 bits per heavy atom. The molecule has 0 radical (unpaired) electrons. The molecule has 1 amide bonds. The number of amides is 1. The summed E-state index contributed by atoms with van der Waals surface area (Å²) in [6.45, 7) is 0.909. The number of nitrogens with zero attached hydrogens (tertiary/aromatic N) is 2. The van der Waals surface area contributed by atoms with Gasteiger partial charge in [-0.25, -0.2) is 0 Å². The van der Waals surface area contributed by atoms with E-state index in [0.717, 1.165) is 23.4 Å². The molecule has 3 nitrogen and oxygen atoms in total. The van der Waals surface area contributed by atoms with Crippen LogP contribution in [-0.4, -0.2) is 28.4 Å². The van der Waals surface area contributed by atoms with Crippen molar-refractivity contribution in [2.24, 2.45) is 5.92 Å². The molecule has 1 aromatic heterocycles. The van der Waals surface area contributed by atoms with Crippen LogP contribution < -0.4 is 0 Å². The van der Waals surface area contributed by atoms with Gasteiger partial charge < -0.3 is 4.90 Å². The van der Waals surface area contributed by atoms with Gasteiger partial charge >= 0.3 is 0 Å². The first-order chi connectivity index (χ1) is 9.75. The topological polar surface area (TPSA) is 33.2 Å². The number of likely N-dealkylation sites (tertiary alicyclic amines) is 1. The molecule has 2 fully saturated rings. The average molecular weight is 337 g/mol. The minimum Gasteiger partial charge on any atom is -0.335 e. The molecule has 1 saturated heterocycles. The van der Waals surface area contributed by atoms with E-state index in [1.165, 1.54) is 38.5 Å². The molecular weight excluding hydrogens is 316 g/mol. The Bertz CT molecular complexity index is 485. The monoisotopic (exact) mass is 336 g/mol. The van der Waals surface area contributed by atoms with Gasteiger partial charge in [-0.2, -0.15) is 0 Å². The molecular formula is C16H21BrN2O. The summed E-state index contributed by atoms with van der Waals surface area (Å²) in [5, 5.41) is 0. The summed E-state index contributed by atoms with van der Waals surface area (Å²) in [4.78, 5) is 18.9. The third-order valence-corrected chi connectivity index (χ3v) is 5.14. The van der Waals surface area contributed by atoms with Crippen molar-refractivity contribution in [3.05, 3.63) is 28.5 Å². The first-order valence-corrected chi connectivity index (χ1v) is 8.46. The fourth-order valence-corrected chi connectivity index (χ4v) is 4.11. The first-order valence-electron chi connectivity index (χ1n) is 7.67. The molecule has 108 valence electrons. The highest BCUT2D eigenvalue weighted by Gasteiger charge is 2.35. The van der Waals surface area contributed by atoms with Crippen LogP contribution in [0.2, 0.25) is 0 Å². The maximum absolute atomic E-state index is 12.7. The number of rotatable bonds is 2. The Hall–Kier alpha value is -0.900. The van der Waals surface area contributed by atoms with Gasteiger partial charge in [-0.15, -0.1) is 0 Å². The molecule has 1 aromatic rings. The molecule has 0 aromatic carbocycles. The third kappa shape index (κ3) is 2.90. The van der Waals surface area contributed by atoms with Crippen molar-refractivity contribution in [3.8, 4) is 0 Å². The quantitative estimate of drug-likeness (QED) is 0.816. The van der Waals surface area contributed by atoms with E-state index in [4.69, 9.17) is 0 Å². The molecule has 2 heterocycles. The highest BCUT2D eigenvalue weighted by atomic mass is 79.9. The van der Waals surface area contributed by atoms with Gasteiger partial charge in [0, 0.05) is 29.5 Å². The summed E-state index contributed by atoms with van der Waals surface area (Å²) in [5.41, 5.74) is 0.710. The fourth-order valence-electron chi connectivity index (χ4n) is 3.75. The number of carbonyl (C=O) groups excluding carboxylic acids is 1. The van der Waals surface area contributed by atoms with Crippen molar-refractivity contribution in [3.63, 3.8) is 0 Å². The average Bonchev–Trinajstić information content (AvgIpc) is 2.97. The van der Waals surface area contributed by atoms with Gasteiger partial charge in [0.05, 0.1) is 5.56 Å². The summed E-state index contributed by atoms with van der Waals surface area (Å²) in [6.07, 6.45) is 12.4. The Morgan fingerprint density at radius 1 is 1.15 bits per heavy atom. The lowest BCUT2D eigenvalue weighted by Gasteiger charge is -2.34. The lowest BCUT2D eigenvalue weighted by Crippen LogP contribution is -2.40. The van der Waals surface area contributed by atoms with Crippen molar-refractivity contribution in [1.29, 1.82) is 0 Å². The lowest BCUT2D eigenvalue weighted by molar-refractivity contribution is 0.0661. The second kappa shape index (κ2) is 6.25. The van der Waals surface area contributed by atoms with Gasteiger partial charge in [-0.3, -0.25) is 9.78 Å². The number of aromatic nitrogens is 1. The van der Waals surface area contributed by atoms with E-state index in [-0.39, 0.29) is 5.91 Å². The highest BCUT2D eigenvalue weighted by Crippen LogP contribution is 2.35. The largest absolute Gasteiger partial charge is 0.335 e. The predicted octanol–water partition coefficient (Wildman–Crippen LogP) is 4.03. The zero-order chi connectivity index (χ0) is 13.9. The van der Waals surface area contributed by atoms with Gasteiger partial charge in [0.25, 0.3) is 5.91 Å². The Labute approximate surface area is 128 Å². The van der Waals surface area contributed by atoms with Crippen LogP contribution in [0.3, 0.4) is 0 Å². The molecule has 1 aliphatic carbocycles. The molecule has 2 aliphatic rings. The number of hydrogen-bond acceptors (Lipinski definition) is 2. The van der Waals surface area contributed by atoms with Crippen molar-refractivity contribution in [1.82, 2.24) is 9.88 Å². The normalized spacial score (nSPS) is 24.1. The SMILES string of the molecule is O=C(c1cncc(Br)c1)N1CCCC1C1CCCCC1. The van der Waals surface area contributed by atoms with Crippen LogP contribution in [0.25, 0.3) is 0 Å². The number of halogens is 1. The third-order valence-electron chi connectivity index (χ3n) is 4.71. The maximum Gasteiger partial charge on any atom is 0.255 e. The Balaban J connectivity index is 1.76. The van der Waals surface area contributed by atoms with Crippen molar-refractivity contribution in [2.75, 3.05) is 6.54 Å². The molecule has 1 atom stereocenters. The van der Waals surface area contributed by atoms with Crippen LogP contribution >= 0.6 is 15.9 Å². The number of hydrogen-bond donors (Lipinski definition) is 0. The smallest absolute Gasteiger partial charge is 0.255 e. The van der Waals surface area contributed by atoms with E-state index in [1.54, 1.807) is 12.4 Å². The standard InChI is InChI=1S/C16H21BrN2O/c17-14-9-13(10-18-11-14)16(20)19-8-4-7-15(19)12-5-2-1-3-6-12/h9-12,15H,1-8H2. The molecule has 0 spiro atoms. The van der Waals surface area contributed by atoms with E-state index in [1.807, 2.05) is 6.07 Å². The first kappa shape index (κ1) is 14.1. The van der Waals surface area contributed by atoms with E-state index in [9.17, 15) is 4.79 Å². The van der Waals surface area contributed by atoms with Crippen molar-refractivity contribution in [2.45, 2.75) is 51.0 Å². The fraction of sp³-hybridized carbons (Fsp3) is 0.625. The van der Waals surface area contributed by atoms with Crippen LogP contribution in [0.15, 0.2) is 22.9 Å². The maximum atomic E-state index is 12.7. The van der Waals surface area contributed by atoms with Crippen LogP contribution in [0.1, 0.15) is 55.3 Å². The summed E-state index contributed by atoms with van der Waals surface area (Å²) in [7, 11) is 0. The van der Waals surface area contributed by atoms with Crippen molar-refractivity contribution < 1.29 is 4.79 Å². The van der Waals surface area contributed by atoms with Gasteiger partial charge in [0.1, 0.15) is 0 Å². The van der Waals surface area contributed by atoms with Crippen molar-refractivity contribution >= 4 is 21.8 Å². The van der Waals surface area contributed by atoms with Crippen LogP contribution in [0.4, 0.5) is 0 Å². The summed E-state index contributed by atoms with van der Waals surface area (Å²) >= 11 is 3.40. The highest BCUT2D eigenvalue weighted by molar-refractivity contribution is 9.10. The number of pyridine rings is 1. The molecule has 3 rings (SSSR count). The molecule has 20 heavy (non-hydrogen) atoms. The van der Waals surface area contributed by atoms with Gasteiger partial charge in [-0.1, -0.05) is 19.3 Å². The van der Waals surface area contributed by atoms with Crippen LogP contribution in [-0.2, 0) is 0 Å². The molecule has 1 saturated carbocycles. The number of carbonyl (C=O) groups is 1. The summed E-state index contributed by atoms with van der Waals surface area (Å²) < 4.78 is 0.872. The molecule has 0 bridgehead atoms. The minimum atomic E-state index is 0.159. The molecule has 0 N–H and O–H groups in total. The zero-order valence-electron chi connectivity index (χ0n) is 11.7. The second-order valence-electron chi connectivity index (χ2n) is 6.00. The van der Waals surface area contributed by atoms with E-state index in [0.29, 0.717) is 11.6 Å². The van der Waals surface area contributed by atoms with Crippen LogP contribution in [0.5, 0.6) is 0 Å².